The molecule has 1 N–H and O–H groups in total. The van der Waals surface area contributed by atoms with Crippen LogP contribution in [-0.4, -0.2) is 43.4 Å². The van der Waals surface area contributed by atoms with Crippen molar-refractivity contribution in [2.24, 2.45) is 0 Å². The third-order valence-corrected chi connectivity index (χ3v) is 2.65. The van der Waals surface area contributed by atoms with Crippen molar-refractivity contribution in [1.82, 2.24) is 10.2 Å². The molecule has 1 aliphatic rings. The minimum absolute atomic E-state index is 0.356. The second-order valence-corrected chi connectivity index (χ2v) is 3.73. The van der Waals surface area contributed by atoms with Crippen molar-refractivity contribution in [1.29, 1.82) is 0 Å². The Hall–Kier alpha value is -0.120. The van der Waals surface area contributed by atoms with Gasteiger partial charge in [-0.1, -0.05) is 13.8 Å². The van der Waals surface area contributed by atoms with Crippen LogP contribution in [0, 0.1) is 0 Å². The largest absolute Gasteiger partial charge is 0.361 e. The Morgan fingerprint density at radius 2 is 2.23 bits per heavy atom. The van der Waals surface area contributed by atoms with Crippen LogP contribution in [-0.2, 0) is 4.74 Å². The molecule has 0 aromatic rings. The number of rotatable bonds is 4. The quantitative estimate of drug-likeness (QED) is 0.710. The van der Waals surface area contributed by atoms with Crippen LogP contribution < -0.4 is 5.32 Å². The SMILES string of the molecule is CCCNC1CN(CC)COC1C. The summed E-state index contributed by atoms with van der Waals surface area (Å²) < 4.78 is 5.65. The fraction of sp³-hybridized carbons (Fsp3) is 1.00. The summed E-state index contributed by atoms with van der Waals surface area (Å²) in [5, 5.41) is 3.52. The first-order chi connectivity index (χ1) is 6.27. The molecule has 1 saturated heterocycles. The van der Waals surface area contributed by atoms with Crippen LogP contribution in [0.15, 0.2) is 0 Å². The first-order valence-corrected chi connectivity index (χ1v) is 5.35. The number of nitrogens with zero attached hydrogens (tertiary/aromatic N) is 1. The third-order valence-electron chi connectivity index (χ3n) is 2.65. The van der Waals surface area contributed by atoms with Crippen molar-refractivity contribution >= 4 is 0 Å². The van der Waals surface area contributed by atoms with Gasteiger partial charge in [0.15, 0.2) is 0 Å². The standard InChI is InChI=1S/C10H22N2O/c1-4-6-11-10-7-12(5-2)8-13-9(10)3/h9-11H,4-8H2,1-3H3. The lowest BCUT2D eigenvalue weighted by Gasteiger charge is -2.37. The molecular formula is C10H22N2O. The molecule has 3 heteroatoms. The highest BCUT2D eigenvalue weighted by atomic mass is 16.5. The van der Waals surface area contributed by atoms with E-state index in [1.54, 1.807) is 0 Å². The molecule has 13 heavy (non-hydrogen) atoms. The van der Waals surface area contributed by atoms with Gasteiger partial charge < -0.3 is 10.1 Å². The summed E-state index contributed by atoms with van der Waals surface area (Å²) in [6.07, 6.45) is 1.55. The zero-order valence-corrected chi connectivity index (χ0v) is 9.05. The second-order valence-electron chi connectivity index (χ2n) is 3.73. The lowest BCUT2D eigenvalue weighted by molar-refractivity contribution is -0.0770. The summed E-state index contributed by atoms with van der Waals surface area (Å²) in [5.41, 5.74) is 0. The number of ether oxygens (including phenoxy) is 1. The van der Waals surface area contributed by atoms with Gasteiger partial charge in [-0.25, -0.2) is 0 Å². The van der Waals surface area contributed by atoms with Crippen LogP contribution in [0.4, 0.5) is 0 Å². The van der Waals surface area contributed by atoms with E-state index in [9.17, 15) is 0 Å². The molecule has 2 unspecified atom stereocenters. The van der Waals surface area contributed by atoms with E-state index in [0.717, 1.165) is 26.4 Å². The van der Waals surface area contributed by atoms with E-state index in [4.69, 9.17) is 4.74 Å². The van der Waals surface area contributed by atoms with Crippen LogP contribution in [0.2, 0.25) is 0 Å². The summed E-state index contributed by atoms with van der Waals surface area (Å²) in [6, 6.07) is 0.508. The van der Waals surface area contributed by atoms with Crippen LogP contribution >= 0.6 is 0 Å². The van der Waals surface area contributed by atoms with Gasteiger partial charge in [0.1, 0.15) is 0 Å². The van der Waals surface area contributed by atoms with Crippen LogP contribution in [0.5, 0.6) is 0 Å². The molecule has 1 fully saturated rings. The molecule has 0 spiro atoms. The van der Waals surface area contributed by atoms with Gasteiger partial charge in [0, 0.05) is 12.6 Å². The molecule has 0 amide bonds. The van der Waals surface area contributed by atoms with Crippen LogP contribution in [0.3, 0.4) is 0 Å². The molecule has 0 saturated carbocycles. The van der Waals surface area contributed by atoms with Crippen molar-refractivity contribution in [2.45, 2.75) is 39.3 Å². The van der Waals surface area contributed by atoms with E-state index in [0.29, 0.717) is 12.1 Å². The zero-order valence-electron chi connectivity index (χ0n) is 9.05. The van der Waals surface area contributed by atoms with Gasteiger partial charge in [-0.3, -0.25) is 4.90 Å². The van der Waals surface area contributed by atoms with E-state index in [1.165, 1.54) is 6.42 Å². The Labute approximate surface area is 81.4 Å². The minimum Gasteiger partial charge on any atom is -0.361 e. The number of likely N-dealkylation sites (N-methyl/N-ethyl adjacent to an activating group) is 1. The maximum atomic E-state index is 5.65. The average Bonchev–Trinajstić information content (AvgIpc) is 2.17. The molecule has 0 aromatic carbocycles. The predicted molar refractivity (Wildman–Crippen MR) is 54.7 cm³/mol. The lowest BCUT2D eigenvalue weighted by atomic mass is 10.1. The van der Waals surface area contributed by atoms with Crippen molar-refractivity contribution in [3.8, 4) is 0 Å². The summed E-state index contributed by atoms with van der Waals surface area (Å²) in [5.74, 6) is 0. The van der Waals surface area contributed by atoms with Crippen LogP contribution in [0.1, 0.15) is 27.2 Å². The molecule has 0 aromatic heterocycles. The van der Waals surface area contributed by atoms with Crippen molar-refractivity contribution < 1.29 is 4.74 Å². The maximum absolute atomic E-state index is 5.65. The molecule has 0 bridgehead atoms. The molecule has 1 heterocycles. The zero-order chi connectivity index (χ0) is 9.68. The Morgan fingerprint density at radius 3 is 2.85 bits per heavy atom. The second kappa shape index (κ2) is 5.58. The van der Waals surface area contributed by atoms with Gasteiger partial charge in [-0.15, -0.1) is 0 Å². The molecule has 2 atom stereocenters. The Morgan fingerprint density at radius 1 is 1.46 bits per heavy atom. The lowest BCUT2D eigenvalue weighted by Crippen LogP contribution is -2.53. The first kappa shape index (κ1) is 11.0. The van der Waals surface area contributed by atoms with Crippen molar-refractivity contribution in [3.63, 3.8) is 0 Å². The highest BCUT2D eigenvalue weighted by Crippen LogP contribution is 2.09. The Kier molecular flexibility index (Phi) is 4.70. The molecule has 0 radical (unpaired) electrons. The molecule has 78 valence electrons. The van der Waals surface area contributed by atoms with E-state index in [1.807, 2.05) is 0 Å². The predicted octanol–water partition coefficient (Wildman–Crippen LogP) is 1.05. The normalized spacial score (nSPS) is 30.7. The number of hydrogen-bond donors (Lipinski definition) is 1. The molecule has 1 aliphatic heterocycles. The third kappa shape index (κ3) is 3.25. The number of nitrogens with one attached hydrogen (secondary N) is 1. The summed E-state index contributed by atoms with van der Waals surface area (Å²) >= 11 is 0. The fourth-order valence-electron chi connectivity index (χ4n) is 1.60. The highest BCUT2D eigenvalue weighted by Gasteiger charge is 2.24. The Balaban J connectivity index is 2.31. The van der Waals surface area contributed by atoms with Gasteiger partial charge in [0.2, 0.25) is 0 Å². The molecular weight excluding hydrogens is 164 g/mol. The highest BCUT2D eigenvalue weighted by molar-refractivity contribution is 4.80. The van der Waals surface area contributed by atoms with Gasteiger partial charge in [0.25, 0.3) is 0 Å². The van der Waals surface area contributed by atoms with E-state index < -0.39 is 0 Å². The van der Waals surface area contributed by atoms with Crippen LogP contribution in [0.25, 0.3) is 0 Å². The summed E-state index contributed by atoms with van der Waals surface area (Å²) in [7, 11) is 0. The molecule has 1 rings (SSSR count). The topological polar surface area (TPSA) is 24.5 Å². The van der Waals surface area contributed by atoms with Crippen molar-refractivity contribution in [2.75, 3.05) is 26.4 Å². The van der Waals surface area contributed by atoms with Gasteiger partial charge in [-0.05, 0) is 26.4 Å². The van der Waals surface area contributed by atoms with E-state index >= 15 is 0 Å². The first-order valence-electron chi connectivity index (χ1n) is 5.35. The smallest absolute Gasteiger partial charge is 0.0995 e. The summed E-state index contributed by atoms with van der Waals surface area (Å²) in [4.78, 5) is 2.33. The van der Waals surface area contributed by atoms with Crippen molar-refractivity contribution in [3.05, 3.63) is 0 Å². The molecule has 0 aliphatic carbocycles. The van der Waals surface area contributed by atoms with E-state index in [-0.39, 0.29) is 0 Å². The van der Waals surface area contributed by atoms with Gasteiger partial charge in [-0.2, -0.15) is 0 Å². The monoisotopic (exact) mass is 186 g/mol. The minimum atomic E-state index is 0.356. The number of hydrogen-bond acceptors (Lipinski definition) is 3. The Bertz CT molecular complexity index is 141. The van der Waals surface area contributed by atoms with E-state index in [2.05, 4.69) is 31.0 Å². The van der Waals surface area contributed by atoms with Gasteiger partial charge in [0.05, 0.1) is 12.8 Å². The molecule has 3 nitrogen and oxygen atoms in total. The fourth-order valence-corrected chi connectivity index (χ4v) is 1.60. The maximum Gasteiger partial charge on any atom is 0.0995 e. The average molecular weight is 186 g/mol. The summed E-state index contributed by atoms with van der Waals surface area (Å²) in [6.45, 7) is 10.6. The van der Waals surface area contributed by atoms with Gasteiger partial charge >= 0.3 is 0 Å².